The number of anilines is 1. The van der Waals surface area contributed by atoms with Gasteiger partial charge in [-0.15, -0.1) is 0 Å². The van der Waals surface area contributed by atoms with Crippen LogP contribution in [0.25, 0.3) is 0 Å². The van der Waals surface area contributed by atoms with Gasteiger partial charge in [0.25, 0.3) is 0 Å². The molecule has 1 aromatic carbocycles. The molecule has 0 spiro atoms. The number of hydrogen-bond acceptors (Lipinski definition) is 5. The summed E-state index contributed by atoms with van der Waals surface area (Å²) >= 11 is 0. The predicted octanol–water partition coefficient (Wildman–Crippen LogP) is 1.28. The van der Waals surface area contributed by atoms with E-state index in [-0.39, 0.29) is 24.1 Å². The first-order valence-corrected chi connectivity index (χ1v) is 11.8. The second-order valence-corrected chi connectivity index (χ2v) is 10.1. The van der Waals surface area contributed by atoms with Gasteiger partial charge >= 0.3 is 5.69 Å². The van der Waals surface area contributed by atoms with Crippen molar-refractivity contribution in [2.75, 3.05) is 24.7 Å². The van der Waals surface area contributed by atoms with Crippen LogP contribution in [0.3, 0.4) is 0 Å². The van der Waals surface area contributed by atoms with Crippen LogP contribution >= 0.6 is 0 Å². The number of amides is 1. The molecule has 2 heterocycles. The van der Waals surface area contributed by atoms with Gasteiger partial charge in [-0.05, 0) is 44.7 Å². The lowest BCUT2D eigenvalue weighted by atomic mass is 9.97. The molecule has 0 radical (unpaired) electrons. The highest BCUT2D eigenvalue weighted by Gasteiger charge is 2.29. The summed E-state index contributed by atoms with van der Waals surface area (Å²) in [6, 6.07) is 3.99. The molecule has 0 atom stereocenters. The lowest BCUT2D eigenvalue weighted by molar-refractivity contribution is -0.117. The zero-order valence-electron chi connectivity index (χ0n) is 18.1. The summed E-state index contributed by atoms with van der Waals surface area (Å²) in [6.07, 6.45) is 2.38. The molecule has 1 N–H and O–H groups in total. The molecule has 1 aliphatic rings. The minimum atomic E-state index is -3.21. The van der Waals surface area contributed by atoms with Gasteiger partial charge in [0.2, 0.25) is 15.9 Å². The SMILES string of the molecule is Cc1cc(C)c(NC(=O)Cn2nc(C3CCN(S(C)(=O)=O)CC3)n(C)c2=O)c(C)c1. The average molecular weight is 436 g/mol. The van der Waals surface area contributed by atoms with E-state index in [1.807, 2.05) is 32.9 Å². The molecule has 0 aliphatic carbocycles. The van der Waals surface area contributed by atoms with Crippen LogP contribution in [0.5, 0.6) is 0 Å². The van der Waals surface area contributed by atoms with Crippen LogP contribution in [0.1, 0.15) is 41.3 Å². The quantitative estimate of drug-likeness (QED) is 0.762. The number of hydrogen-bond donors (Lipinski definition) is 1. The molecule has 164 valence electrons. The van der Waals surface area contributed by atoms with Crippen LogP contribution in [0.2, 0.25) is 0 Å². The van der Waals surface area contributed by atoms with Crippen LogP contribution in [-0.4, -0.2) is 52.3 Å². The molecule has 0 saturated carbocycles. The summed E-state index contributed by atoms with van der Waals surface area (Å²) in [5, 5.41) is 7.29. The number of nitrogens with one attached hydrogen (secondary N) is 1. The fourth-order valence-corrected chi connectivity index (χ4v) is 4.98. The van der Waals surface area contributed by atoms with Gasteiger partial charge in [0.1, 0.15) is 12.4 Å². The Hall–Kier alpha value is -2.46. The van der Waals surface area contributed by atoms with E-state index in [4.69, 9.17) is 0 Å². The fraction of sp³-hybridized carbons (Fsp3) is 0.550. The van der Waals surface area contributed by atoms with Crippen molar-refractivity contribution in [3.8, 4) is 0 Å². The van der Waals surface area contributed by atoms with Crippen molar-refractivity contribution in [3.05, 3.63) is 45.1 Å². The van der Waals surface area contributed by atoms with Crippen LogP contribution in [-0.2, 0) is 28.4 Å². The van der Waals surface area contributed by atoms with E-state index in [1.54, 1.807) is 7.05 Å². The maximum absolute atomic E-state index is 12.6. The summed E-state index contributed by atoms with van der Waals surface area (Å²) < 4.78 is 27.5. The standard InChI is InChI=1S/C20H29N5O4S/c1-13-10-14(2)18(15(3)11-13)21-17(26)12-25-20(27)23(4)19(22-25)16-6-8-24(9-7-16)30(5,28)29/h10-11,16H,6-9,12H2,1-5H3,(H,21,26). The van der Waals surface area contributed by atoms with Crippen molar-refractivity contribution in [1.29, 1.82) is 0 Å². The summed E-state index contributed by atoms with van der Waals surface area (Å²) in [5.74, 6) is 0.249. The molecular formula is C20H29N5O4S. The number of aromatic nitrogens is 3. The largest absolute Gasteiger partial charge is 0.346 e. The molecule has 1 fully saturated rings. The van der Waals surface area contributed by atoms with Crippen molar-refractivity contribution in [1.82, 2.24) is 18.7 Å². The number of carbonyl (C=O) groups is 1. The molecule has 1 aliphatic heterocycles. The highest BCUT2D eigenvalue weighted by molar-refractivity contribution is 7.88. The third kappa shape index (κ3) is 4.65. The smallest absolute Gasteiger partial charge is 0.324 e. The zero-order valence-corrected chi connectivity index (χ0v) is 18.9. The molecule has 0 unspecified atom stereocenters. The van der Waals surface area contributed by atoms with Gasteiger partial charge in [0.05, 0.1) is 6.26 Å². The fourth-order valence-electron chi connectivity index (χ4n) is 4.10. The third-order valence-electron chi connectivity index (χ3n) is 5.60. The Morgan fingerprint density at radius 3 is 2.27 bits per heavy atom. The van der Waals surface area contributed by atoms with Gasteiger partial charge in [-0.25, -0.2) is 22.2 Å². The molecule has 1 aromatic heterocycles. The van der Waals surface area contributed by atoms with E-state index in [2.05, 4.69) is 10.4 Å². The molecule has 3 rings (SSSR count). The summed E-state index contributed by atoms with van der Waals surface area (Å²) in [6.45, 7) is 6.49. The second kappa shape index (κ2) is 8.35. The highest BCUT2D eigenvalue weighted by Crippen LogP contribution is 2.27. The van der Waals surface area contributed by atoms with E-state index in [9.17, 15) is 18.0 Å². The monoisotopic (exact) mass is 435 g/mol. The van der Waals surface area contributed by atoms with Crippen LogP contribution in [0.4, 0.5) is 5.69 Å². The van der Waals surface area contributed by atoms with Gasteiger partial charge in [-0.2, -0.15) is 5.10 Å². The molecule has 1 saturated heterocycles. The normalized spacial score (nSPS) is 16.0. The van der Waals surface area contributed by atoms with Crippen molar-refractivity contribution in [2.24, 2.45) is 7.05 Å². The van der Waals surface area contributed by atoms with Crippen LogP contribution in [0.15, 0.2) is 16.9 Å². The first-order valence-electron chi connectivity index (χ1n) is 9.94. The number of aryl methyl sites for hydroxylation is 3. The molecule has 9 nitrogen and oxygen atoms in total. The van der Waals surface area contributed by atoms with Crippen molar-refractivity contribution >= 4 is 21.6 Å². The van der Waals surface area contributed by atoms with Gasteiger partial charge in [-0.3, -0.25) is 9.36 Å². The lowest BCUT2D eigenvalue weighted by Crippen LogP contribution is -2.37. The Morgan fingerprint density at radius 2 is 1.73 bits per heavy atom. The Bertz CT molecular complexity index is 1100. The first kappa shape index (κ1) is 22.2. The maximum atomic E-state index is 12.6. The Morgan fingerprint density at radius 1 is 1.17 bits per heavy atom. The number of nitrogens with zero attached hydrogens (tertiary/aromatic N) is 4. The van der Waals surface area contributed by atoms with E-state index in [1.165, 1.54) is 19.8 Å². The second-order valence-electron chi connectivity index (χ2n) is 8.12. The number of sulfonamides is 1. The molecule has 10 heteroatoms. The Kier molecular flexibility index (Phi) is 6.19. The van der Waals surface area contributed by atoms with Crippen LogP contribution in [0, 0.1) is 20.8 Å². The predicted molar refractivity (Wildman–Crippen MR) is 115 cm³/mol. The average Bonchev–Trinajstić information content (AvgIpc) is 2.92. The van der Waals surface area contributed by atoms with Gasteiger partial charge in [0.15, 0.2) is 0 Å². The highest BCUT2D eigenvalue weighted by atomic mass is 32.2. The van der Waals surface area contributed by atoms with Crippen molar-refractivity contribution in [2.45, 2.75) is 46.1 Å². The lowest BCUT2D eigenvalue weighted by Gasteiger charge is -2.29. The van der Waals surface area contributed by atoms with E-state index < -0.39 is 10.0 Å². The first-order chi connectivity index (χ1) is 14.0. The minimum absolute atomic E-state index is 0.0217. The number of piperidine rings is 1. The molecule has 0 bridgehead atoms. The van der Waals surface area contributed by atoms with Crippen molar-refractivity contribution in [3.63, 3.8) is 0 Å². The van der Waals surface area contributed by atoms with Crippen molar-refractivity contribution < 1.29 is 13.2 Å². The maximum Gasteiger partial charge on any atom is 0.346 e. The number of rotatable bonds is 5. The molecule has 1 amide bonds. The van der Waals surface area contributed by atoms with Gasteiger partial charge in [0, 0.05) is 31.7 Å². The molecule has 30 heavy (non-hydrogen) atoms. The van der Waals surface area contributed by atoms with E-state index in [0.29, 0.717) is 31.8 Å². The topological polar surface area (TPSA) is 106 Å². The molecular weight excluding hydrogens is 406 g/mol. The van der Waals surface area contributed by atoms with E-state index in [0.717, 1.165) is 22.4 Å². The van der Waals surface area contributed by atoms with Crippen LogP contribution < -0.4 is 11.0 Å². The molecule has 2 aromatic rings. The summed E-state index contributed by atoms with van der Waals surface area (Å²) in [5.41, 5.74) is 3.45. The number of carbonyl (C=O) groups excluding carboxylic acids is 1. The zero-order chi connectivity index (χ0) is 22.2. The van der Waals surface area contributed by atoms with E-state index >= 15 is 0 Å². The minimum Gasteiger partial charge on any atom is -0.324 e. The third-order valence-corrected chi connectivity index (χ3v) is 6.90. The summed E-state index contributed by atoms with van der Waals surface area (Å²) in [4.78, 5) is 25.2. The number of benzene rings is 1. The van der Waals surface area contributed by atoms with Gasteiger partial charge in [-0.1, -0.05) is 17.7 Å². The Balaban J connectivity index is 1.73. The Labute approximate surface area is 176 Å². The van der Waals surface area contributed by atoms with Gasteiger partial charge < -0.3 is 5.32 Å². The summed E-state index contributed by atoms with van der Waals surface area (Å²) in [7, 11) is -1.58.